The number of methoxy groups -OCH3 is 1. The predicted molar refractivity (Wildman–Crippen MR) is 64.7 cm³/mol. The lowest BCUT2D eigenvalue weighted by atomic mass is 10.0. The number of aromatic nitrogens is 1. The first kappa shape index (κ1) is 13.9. The van der Waals surface area contributed by atoms with Crippen LogP contribution in [0.4, 0.5) is 0 Å². The van der Waals surface area contributed by atoms with E-state index in [4.69, 9.17) is 4.74 Å². The van der Waals surface area contributed by atoms with Crippen molar-refractivity contribution >= 4 is 9.84 Å². The zero-order valence-corrected chi connectivity index (χ0v) is 11.2. The molecule has 0 aliphatic heterocycles. The molecule has 1 heterocycles. The van der Waals surface area contributed by atoms with E-state index in [9.17, 15) is 13.5 Å². The van der Waals surface area contributed by atoms with E-state index in [1.54, 1.807) is 12.1 Å². The Morgan fingerprint density at radius 1 is 1.47 bits per heavy atom. The molecule has 96 valence electrons. The third kappa shape index (κ3) is 2.58. The normalized spacial score (nSPS) is 14.4. The van der Waals surface area contributed by atoms with E-state index in [-0.39, 0.29) is 5.69 Å². The van der Waals surface area contributed by atoms with E-state index in [2.05, 4.69) is 4.98 Å². The molecule has 0 bridgehead atoms. The molecule has 6 heteroatoms. The standard InChI is InChI=1S/C11H17NO4S/c1-11(2,17(4,14)15)10(13)9-8(16-3)6-5-7-12-9/h5-7,10,13H,1-4H3. The maximum absolute atomic E-state index is 11.6. The van der Waals surface area contributed by atoms with Gasteiger partial charge in [0.2, 0.25) is 0 Å². The molecule has 1 unspecified atom stereocenters. The van der Waals surface area contributed by atoms with Crippen molar-refractivity contribution in [2.24, 2.45) is 0 Å². The van der Waals surface area contributed by atoms with Gasteiger partial charge in [-0.05, 0) is 26.0 Å². The van der Waals surface area contributed by atoms with Crippen LogP contribution in [0.3, 0.4) is 0 Å². The van der Waals surface area contributed by atoms with E-state index in [1.165, 1.54) is 27.2 Å². The van der Waals surface area contributed by atoms with Crippen LogP contribution in [0, 0.1) is 0 Å². The summed E-state index contributed by atoms with van der Waals surface area (Å²) in [5, 5.41) is 10.2. The fourth-order valence-corrected chi connectivity index (χ4v) is 1.83. The fraction of sp³-hybridized carbons (Fsp3) is 0.545. The lowest BCUT2D eigenvalue weighted by Gasteiger charge is -2.28. The van der Waals surface area contributed by atoms with Crippen LogP contribution in [0.1, 0.15) is 25.6 Å². The molecule has 0 fully saturated rings. The van der Waals surface area contributed by atoms with E-state index in [0.717, 1.165) is 6.26 Å². The molecule has 0 aromatic carbocycles. The van der Waals surface area contributed by atoms with Crippen molar-refractivity contribution in [2.75, 3.05) is 13.4 Å². The maximum Gasteiger partial charge on any atom is 0.155 e. The maximum atomic E-state index is 11.6. The van der Waals surface area contributed by atoms with E-state index < -0.39 is 20.7 Å². The highest BCUT2D eigenvalue weighted by atomic mass is 32.2. The van der Waals surface area contributed by atoms with Crippen molar-refractivity contribution in [3.8, 4) is 5.75 Å². The van der Waals surface area contributed by atoms with Crippen molar-refractivity contribution in [1.82, 2.24) is 4.98 Å². The molecule has 0 radical (unpaired) electrons. The minimum absolute atomic E-state index is 0.227. The van der Waals surface area contributed by atoms with Gasteiger partial charge in [-0.1, -0.05) is 0 Å². The van der Waals surface area contributed by atoms with Gasteiger partial charge in [0.05, 0.1) is 11.9 Å². The van der Waals surface area contributed by atoms with Crippen molar-refractivity contribution in [1.29, 1.82) is 0 Å². The van der Waals surface area contributed by atoms with Gasteiger partial charge < -0.3 is 9.84 Å². The molecule has 1 aromatic heterocycles. The second-order valence-electron chi connectivity index (χ2n) is 4.37. The van der Waals surface area contributed by atoms with Gasteiger partial charge in [0.15, 0.2) is 9.84 Å². The van der Waals surface area contributed by atoms with Crippen molar-refractivity contribution in [3.05, 3.63) is 24.0 Å². The molecule has 1 N–H and O–H groups in total. The molecule has 0 aliphatic rings. The van der Waals surface area contributed by atoms with E-state index >= 15 is 0 Å². The highest BCUT2D eigenvalue weighted by Gasteiger charge is 2.40. The molecule has 0 aliphatic carbocycles. The molecule has 1 atom stereocenters. The first-order valence-corrected chi connectivity index (χ1v) is 6.97. The number of hydrogen-bond donors (Lipinski definition) is 1. The summed E-state index contributed by atoms with van der Waals surface area (Å²) in [6.07, 6.45) is 1.33. The molecule has 0 saturated carbocycles. The predicted octanol–water partition coefficient (Wildman–Crippen LogP) is 0.947. The lowest BCUT2D eigenvalue weighted by molar-refractivity contribution is 0.131. The first-order chi connectivity index (χ1) is 7.71. The van der Waals surface area contributed by atoms with Crippen LogP contribution >= 0.6 is 0 Å². The SMILES string of the molecule is COc1cccnc1C(O)C(C)(C)S(C)(=O)=O. The number of pyridine rings is 1. The molecule has 17 heavy (non-hydrogen) atoms. The number of nitrogens with zero attached hydrogens (tertiary/aromatic N) is 1. The summed E-state index contributed by atoms with van der Waals surface area (Å²) in [6, 6.07) is 3.28. The highest BCUT2D eigenvalue weighted by molar-refractivity contribution is 7.92. The quantitative estimate of drug-likeness (QED) is 0.871. The summed E-state index contributed by atoms with van der Waals surface area (Å²) >= 11 is 0. The van der Waals surface area contributed by atoms with Crippen molar-refractivity contribution in [3.63, 3.8) is 0 Å². The van der Waals surface area contributed by atoms with Crippen molar-refractivity contribution in [2.45, 2.75) is 24.7 Å². The molecule has 1 aromatic rings. The van der Waals surface area contributed by atoms with E-state index in [0.29, 0.717) is 5.75 Å². The topological polar surface area (TPSA) is 76.5 Å². The fourth-order valence-electron chi connectivity index (χ4n) is 1.31. The summed E-state index contributed by atoms with van der Waals surface area (Å²) in [5.74, 6) is 0.372. The Labute approximate surface area is 101 Å². The highest BCUT2D eigenvalue weighted by Crippen LogP contribution is 2.34. The Bertz CT molecular complexity index is 496. The van der Waals surface area contributed by atoms with Gasteiger partial charge in [-0.2, -0.15) is 0 Å². The number of ether oxygens (including phenoxy) is 1. The third-order valence-corrected chi connectivity index (χ3v) is 5.03. The van der Waals surface area contributed by atoms with Gasteiger partial charge >= 0.3 is 0 Å². The van der Waals surface area contributed by atoms with E-state index in [1.807, 2.05) is 0 Å². The second-order valence-corrected chi connectivity index (χ2v) is 6.97. The van der Waals surface area contributed by atoms with Crippen LogP contribution in [0.15, 0.2) is 18.3 Å². The summed E-state index contributed by atoms with van der Waals surface area (Å²) in [4.78, 5) is 3.99. The van der Waals surface area contributed by atoms with Crippen LogP contribution in [0.25, 0.3) is 0 Å². The number of aliphatic hydroxyl groups excluding tert-OH is 1. The monoisotopic (exact) mass is 259 g/mol. The van der Waals surface area contributed by atoms with Crippen LogP contribution in [0.5, 0.6) is 5.75 Å². The van der Waals surface area contributed by atoms with Crippen LogP contribution in [0.2, 0.25) is 0 Å². The summed E-state index contributed by atoms with van der Waals surface area (Å²) in [5.41, 5.74) is 0.227. The minimum atomic E-state index is -3.42. The number of rotatable bonds is 4. The molecule has 1 rings (SSSR count). The van der Waals surface area contributed by atoms with Crippen LogP contribution in [-0.2, 0) is 9.84 Å². The molecular weight excluding hydrogens is 242 g/mol. The average molecular weight is 259 g/mol. The zero-order valence-electron chi connectivity index (χ0n) is 10.3. The Morgan fingerprint density at radius 2 is 2.06 bits per heavy atom. The minimum Gasteiger partial charge on any atom is -0.495 e. The molecule has 0 amide bonds. The van der Waals surface area contributed by atoms with Gasteiger partial charge in [-0.15, -0.1) is 0 Å². The Balaban J connectivity index is 3.26. The number of sulfone groups is 1. The summed E-state index contributed by atoms with van der Waals surface area (Å²) < 4.78 is 27.0. The Hall–Kier alpha value is -1.14. The zero-order chi connectivity index (χ0) is 13.3. The molecule has 5 nitrogen and oxygen atoms in total. The third-order valence-electron chi connectivity index (χ3n) is 2.89. The van der Waals surface area contributed by atoms with Gasteiger partial charge in [0, 0.05) is 12.5 Å². The lowest BCUT2D eigenvalue weighted by Crippen LogP contribution is -2.38. The van der Waals surface area contributed by atoms with Gasteiger partial charge in [0.1, 0.15) is 17.5 Å². The summed E-state index contributed by atoms with van der Waals surface area (Å²) in [7, 11) is -1.98. The van der Waals surface area contributed by atoms with Gasteiger partial charge in [-0.3, -0.25) is 4.98 Å². The molecule has 0 spiro atoms. The first-order valence-electron chi connectivity index (χ1n) is 5.08. The van der Waals surface area contributed by atoms with Gasteiger partial charge in [-0.25, -0.2) is 8.42 Å². The largest absolute Gasteiger partial charge is 0.495 e. The number of aliphatic hydroxyl groups is 1. The Kier molecular flexibility index (Phi) is 3.78. The van der Waals surface area contributed by atoms with Crippen LogP contribution in [-0.4, -0.2) is 36.6 Å². The second kappa shape index (κ2) is 4.62. The molecular formula is C11H17NO4S. The van der Waals surface area contributed by atoms with Crippen LogP contribution < -0.4 is 4.74 Å². The Morgan fingerprint density at radius 3 is 2.53 bits per heavy atom. The van der Waals surface area contributed by atoms with Crippen molar-refractivity contribution < 1.29 is 18.3 Å². The number of hydrogen-bond acceptors (Lipinski definition) is 5. The smallest absolute Gasteiger partial charge is 0.155 e. The van der Waals surface area contributed by atoms with Gasteiger partial charge in [0.25, 0.3) is 0 Å². The molecule has 0 saturated heterocycles. The summed E-state index contributed by atoms with van der Waals surface area (Å²) in [6.45, 7) is 2.92. The average Bonchev–Trinajstić information content (AvgIpc) is 2.26.